The number of aromatic nitrogens is 2. The fourth-order valence-corrected chi connectivity index (χ4v) is 0.601. The Kier molecular flexibility index (Phi) is 3.33. The minimum atomic E-state index is -10.7. The Morgan fingerprint density at radius 2 is 1.50 bits per heavy atom. The first-order valence-electron chi connectivity index (χ1n) is 3.71. The van der Waals surface area contributed by atoms with Gasteiger partial charge < -0.3 is 0 Å². The predicted octanol–water partition coefficient (Wildman–Crippen LogP) is 4.36. The van der Waals surface area contributed by atoms with Crippen molar-refractivity contribution in [1.29, 1.82) is 0 Å². The zero-order valence-corrected chi connectivity index (χ0v) is 8.80. The topological polar surface area (TPSA) is 8.81 Å². The fraction of sp³-hybridized carbons (Fsp3) is 0. The van der Waals surface area contributed by atoms with E-state index in [-0.39, 0.29) is 0 Å². The second-order valence-electron chi connectivity index (χ2n) is 2.63. The Balaban J connectivity index is 0.000000293. The summed E-state index contributed by atoms with van der Waals surface area (Å²) in [5.74, 6) is 0. The van der Waals surface area contributed by atoms with Crippen LogP contribution >= 0.6 is 7.81 Å². The van der Waals surface area contributed by atoms with Gasteiger partial charge in [-0.2, -0.15) is 0 Å². The van der Waals surface area contributed by atoms with E-state index in [1.807, 2.05) is 27.9 Å². The summed E-state index contributed by atoms with van der Waals surface area (Å²) in [6.45, 7) is 7.19. The Morgan fingerprint density at radius 3 is 1.69 bits per heavy atom. The van der Waals surface area contributed by atoms with Crippen molar-refractivity contribution in [2.24, 2.45) is 0 Å². The molecule has 0 aliphatic carbocycles. The normalized spacial score (nSPS) is 15.1. The molecule has 9 heteroatoms. The Morgan fingerprint density at radius 1 is 1.06 bits per heavy atom. The first kappa shape index (κ1) is 14.7. The molecular weight excluding hydrogens is 257 g/mol. The molecule has 0 atom stereocenters. The van der Waals surface area contributed by atoms with Gasteiger partial charge in [-0.3, -0.25) is 0 Å². The molecule has 1 rings (SSSR count). The molecule has 94 valence electrons. The van der Waals surface area contributed by atoms with Crippen LogP contribution < -0.4 is 4.57 Å². The van der Waals surface area contributed by atoms with Gasteiger partial charge in [0.1, 0.15) is 12.4 Å². The summed E-state index contributed by atoms with van der Waals surface area (Å²) in [6, 6.07) is 0. The van der Waals surface area contributed by atoms with E-state index in [1.165, 1.54) is 0 Å². The molecule has 0 spiro atoms. The van der Waals surface area contributed by atoms with Gasteiger partial charge in [0.25, 0.3) is 6.33 Å². The second kappa shape index (κ2) is 3.62. The van der Waals surface area contributed by atoms with Crippen molar-refractivity contribution in [2.75, 3.05) is 0 Å². The van der Waals surface area contributed by atoms with Crippen molar-refractivity contribution in [1.82, 2.24) is 4.57 Å². The van der Waals surface area contributed by atoms with Crippen LogP contribution in [-0.4, -0.2) is 4.57 Å². The monoisotopic (exact) mass is 266 g/mol. The zero-order chi connectivity index (χ0) is 13.1. The van der Waals surface area contributed by atoms with Crippen LogP contribution in [0.5, 0.6) is 0 Å². The van der Waals surface area contributed by atoms with Crippen LogP contribution in [0.3, 0.4) is 0 Å². The average molecular weight is 266 g/mol. The summed E-state index contributed by atoms with van der Waals surface area (Å²) in [7, 11) is -10.7. The third-order valence-corrected chi connectivity index (χ3v) is 1.10. The van der Waals surface area contributed by atoms with Gasteiger partial charge >= 0.3 is 33.0 Å². The van der Waals surface area contributed by atoms with Gasteiger partial charge in [0.05, 0.1) is 12.4 Å². The second-order valence-corrected chi connectivity index (χ2v) is 4.55. The van der Waals surface area contributed by atoms with Crippen molar-refractivity contribution in [2.45, 2.75) is 0 Å². The van der Waals surface area contributed by atoms with Gasteiger partial charge in [0, 0.05) is 0 Å². The summed E-state index contributed by atoms with van der Waals surface area (Å²) in [6.07, 6.45) is 9.11. The van der Waals surface area contributed by atoms with Crippen LogP contribution in [0.4, 0.5) is 25.2 Å². The van der Waals surface area contributed by atoms with Crippen molar-refractivity contribution in [3.05, 3.63) is 31.9 Å². The van der Waals surface area contributed by atoms with E-state index in [0.29, 0.717) is 0 Å². The van der Waals surface area contributed by atoms with E-state index in [4.69, 9.17) is 0 Å². The molecule has 0 amide bonds. The fourth-order valence-electron chi connectivity index (χ4n) is 0.601. The first-order chi connectivity index (χ1) is 6.81. The van der Waals surface area contributed by atoms with Crippen LogP contribution in [0.2, 0.25) is 0 Å². The first-order valence-corrected chi connectivity index (χ1v) is 5.74. The summed E-state index contributed by atoms with van der Waals surface area (Å²) < 4.78 is 62.9. The molecule has 0 bridgehead atoms. The van der Waals surface area contributed by atoms with Gasteiger partial charge in [0.15, 0.2) is 0 Å². The van der Waals surface area contributed by atoms with Crippen molar-refractivity contribution < 1.29 is 29.7 Å². The Hall–Kier alpha value is -1.30. The molecule has 16 heavy (non-hydrogen) atoms. The minimum absolute atomic E-state index is 1.72. The molecule has 0 unspecified atom stereocenters. The molecule has 0 saturated carbocycles. The molecule has 0 saturated heterocycles. The van der Waals surface area contributed by atoms with Crippen LogP contribution in [0, 0.1) is 0 Å². The number of halogens is 6. The molecule has 0 aliphatic rings. The molecule has 0 aromatic carbocycles. The van der Waals surface area contributed by atoms with E-state index in [2.05, 4.69) is 13.2 Å². The van der Waals surface area contributed by atoms with E-state index in [0.717, 1.165) is 0 Å². The van der Waals surface area contributed by atoms with Crippen LogP contribution in [0.25, 0.3) is 12.4 Å². The molecule has 0 radical (unpaired) electrons. The average Bonchev–Trinajstić information content (AvgIpc) is 2.45. The molecule has 0 aliphatic heterocycles. The van der Waals surface area contributed by atoms with Crippen molar-refractivity contribution >= 4 is 20.2 Å². The van der Waals surface area contributed by atoms with Crippen LogP contribution in [-0.2, 0) is 0 Å². The summed E-state index contributed by atoms with van der Waals surface area (Å²) in [5.41, 5.74) is 0. The Bertz CT molecular complexity index is 355. The third kappa shape index (κ3) is 12.7. The molecule has 0 fully saturated rings. The molecule has 1 aromatic rings. The summed E-state index contributed by atoms with van der Waals surface area (Å²) >= 11 is 0. The van der Waals surface area contributed by atoms with Crippen molar-refractivity contribution in [3.63, 3.8) is 0 Å². The van der Waals surface area contributed by atoms with Gasteiger partial charge in [-0.25, -0.2) is 9.13 Å². The van der Waals surface area contributed by atoms with Gasteiger partial charge in [-0.15, -0.1) is 0 Å². The van der Waals surface area contributed by atoms with E-state index >= 15 is 0 Å². The third-order valence-electron chi connectivity index (χ3n) is 1.10. The summed E-state index contributed by atoms with van der Waals surface area (Å²) in [4.78, 5) is 0. The molecule has 0 N–H and O–H groups in total. The van der Waals surface area contributed by atoms with Gasteiger partial charge in [-0.1, -0.05) is 13.2 Å². The standard InChI is InChI=1S/C7H9N2.F6P/c1-3-8-5-6-9(4-2)7-8;1-7(2,3,4,5)6/h3-7H,1-2H2;/q+1;-1. The predicted molar refractivity (Wildman–Crippen MR) is 51.0 cm³/mol. The number of hydrogen-bond donors (Lipinski definition) is 0. The van der Waals surface area contributed by atoms with E-state index in [9.17, 15) is 25.2 Å². The molecule has 2 nitrogen and oxygen atoms in total. The van der Waals surface area contributed by atoms with Gasteiger partial charge in [-0.05, 0) is 0 Å². The zero-order valence-electron chi connectivity index (χ0n) is 7.91. The van der Waals surface area contributed by atoms with Crippen molar-refractivity contribution in [3.8, 4) is 0 Å². The summed E-state index contributed by atoms with van der Waals surface area (Å²) in [5, 5.41) is 0. The van der Waals surface area contributed by atoms with E-state index in [1.54, 1.807) is 12.4 Å². The van der Waals surface area contributed by atoms with Gasteiger partial charge in [0.2, 0.25) is 0 Å². The molecule has 1 aromatic heterocycles. The number of imidazole rings is 1. The quantitative estimate of drug-likeness (QED) is 0.427. The number of rotatable bonds is 2. The molecule has 1 heterocycles. The maximum absolute atomic E-state index is 10.7. The number of nitrogens with zero attached hydrogens (tertiary/aromatic N) is 2. The van der Waals surface area contributed by atoms with Crippen LogP contribution in [0.15, 0.2) is 31.9 Å². The van der Waals surface area contributed by atoms with Crippen LogP contribution in [0.1, 0.15) is 0 Å². The molecular formula is C7H9F6N2P. The maximum atomic E-state index is 9.87. The Labute approximate surface area is 87.3 Å². The van der Waals surface area contributed by atoms with E-state index < -0.39 is 7.81 Å². The SMILES string of the molecule is C=Cn1cc[n+](C=C)c1.F[P-](F)(F)(F)(F)F. The number of hydrogen-bond acceptors (Lipinski definition) is 0.